The van der Waals surface area contributed by atoms with Crippen molar-refractivity contribution in [3.05, 3.63) is 30.3 Å². The Morgan fingerprint density at radius 3 is 2.75 bits per heavy atom. The molecule has 0 spiro atoms. The Hall–Kier alpha value is -2.58. The quantitative estimate of drug-likeness (QED) is 0.181. The number of hydrazine groups is 1. The standard InChI is InChI=1S/C21H32N5O9P/c1-12(2)33-18(28)13(3)25-36(31,35-14-8-6-5-7-9-14)32-11-15-17(27)21(4,30)19(34-15)26-20(29)24-16(22)10-23-26/h5-9,12-13,15,17,19,23,27,30H,10-11H2,1-4H3,(H,25,31)(H2,22,24,29)/t13-,15+,17+,19+,21+,36-/m0/s1/i10D,11D2/t10?,13-,15+,17+,19+,21+,36-. The number of aliphatic hydroxyl groups excluding tert-OH is 1. The molecule has 2 fully saturated rings. The van der Waals surface area contributed by atoms with E-state index in [1.165, 1.54) is 19.1 Å². The van der Waals surface area contributed by atoms with Crippen LogP contribution in [0.5, 0.6) is 5.75 Å². The minimum Gasteiger partial charge on any atom is -0.462 e. The maximum absolute atomic E-state index is 13.8. The number of amides is 2. The van der Waals surface area contributed by atoms with E-state index in [4.69, 9.17) is 28.0 Å². The molecule has 1 aromatic rings. The topological polar surface area (TPSA) is 192 Å². The number of urea groups is 1. The van der Waals surface area contributed by atoms with Crippen molar-refractivity contribution in [1.82, 2.24) is 20.8 Å². The number of carbonyl (C=O) groups excluding carboxylic acids is 2. The molecule has 7 atom stereocenters. The molecular weight excluding hydrogens is 497 g/mol. The van der Waals surface area contributed by atoms with Crippen LogP contribution in [0.3, 0.4) is 0 Å². The first-order chi connectivity index (χ1) is 18.0. The Balaban J connectivity index is 1.88. The van der Waals surface area contributed by atoms with Gasteiger partial charge in [0.2, 0.25) is 0 Å². The zero-order valence-electron chi connectivity index (χ0n) is 23.0. The average Bonchev–Trinajstić information content (AvgIpc) is 3.05. The summed E-state index contributed by atoms with van der Waals surface area (Å²) in [5.74, 6) is -1.33. The largest absolute Gasteiger partial charge is 0.462 e. The number of nitrogens with zero attached hydrogens (tertiary/aromatic N) is 1. The summed E-state index contributed by atoms with van der Waals surface area (Å²) < 4.78 is 59.8. The fourth-order valence-electron chi connectivity index (χ4n) is 3.23. The van der Waals surface area contributed by atoms with Crippen molar-refractivity contribution >= 4 is 25.6 Å². The predicted octanol–water partition coefficient (Wildman–Crippen LogP) is 0.464. The Bertz CT molecular complexity index is 1130. The van der Waals surface area contributed by atoms with Crippen molar-refractivity contribution in [2.75, 3.05) is 13.1 Å². The van der Waals surface area contributed by atoms with E-state index in [2.05, 4.69) is 15.8 Å². The fourth-order valence-corrected chi connectivity index (χ4v) is 4.60. The van der Waals surface area contributed by atoms with E-state index in [-0.39, 0.29) is 5.75 Å². The van der Waals surface area contributed by atoms with Crippen molar-refractivity contribution in [2.24, 2.45) is 0 Å². The molecule has 0 radical (unpaired) electrons. The number of ether oxygens (including phenoxy) is 2. The summed E-state index contributed by atoms with van der Waals surface area (Å²) in [6, 6.07) is 5.24. The SMILES string of the molecule is [2H]C1NN([C@@H]2O[C@H](C([2H])([2H])O[P@@](=O)(N[C@@H](C)C(=O)OC(C)C)Oc3ccccc3)[C@@H](O)[C@@]2(C)O)C(=O)NC1=N. The van der Waals surface area contributed by atoms with Gasteiger partial charge in [0.25, 0.3) is 0 Å². The molecule has 14 nitrogen and oxygen atoms in total. The Kier molecular flexibility index (Phi) is 7.41. The number of amidine groups is 1. The smallest absolute Gasteiger partial charge is 0.459 e. The van der Waals surface area contributed by atoms with Crippen LogP contribution < -0.4 is 20.4 Å². The Morgan fingerprint density at radius 1 is 1.44 bits per heavy atom. The van der Waals surface area contributed by atoms with Crippen LogP contribution in [0.15, 0.2) is 30.3 Å². The van der Waals surface area contributed by atoms with Crippen molar-refractivity contribution < 1.29 is 47.0 Å². The number of carbonyl (C=O) groups is 2. The van der Waals surface area contributed by atoms with E-state index >= 15 is 0 Å². The Morgan fingerprint density at radius 2 is 2.11 bits per heavy atom. The third kappa shape index (κ3) is 6.59. The number of esters is 1. The molecule has 2 heterocycles. The fraction of sp³-hybridized carbons (Fsp3) is 0.571. The molecule has 3 rings (SSSR count). The lowest BCUT2D eigenvalue weighted by Crippen LogP contribution is -2.66. The summed E-state index contributed by atoms with van der Waals surface area (Å²) >= 11 is 0. The van der Waals surface area contributed by atoms with Gasteiger partial charge in [0.1, 0.15) is 35.4 Å². The van der Waals surface area contributed by atoms with E-state index in [0.29, 0.717) is 5.01 Å². The van der Waals surface area contributed by atoms with Crippen LogP contribution in [0.4, 0.5) is 4.79 Å². The van der Waals surface area contributed by atoms with Crippen molar-refractivity contribution in [1.29, 1.82) is 5.41 Å². The van der Waals surface area contributed by atoms with Crippen molar-refractivity contribution in [3.8, 4) is 5.75 Å². The molecule has 36 heavy (non-hydrogen) atoms. The molecule has 6 N–H and O–H groups in total. The van der Waals surface area contributed by atoms with Gasteiger partial charge in [-0.15, -0.1) is 0 Å². The van der Waals surface area contributed by atoms with E-state index in [9.17, 15) is 24.4 Å². The highest BCUT2D eigenvalue weighted by molar-refractivity contribution is 7.52. The van der Waals surface area contributed by atoms with Gasteiger partial charge in [-0.25, -0.2) is 19.8 Å². The lowest BCUT2D eigenvalue weighted by molar-refractivity contribution is -0.149. The molecule has 0 saturated carbocycles. The number of benzene rings is 1. The molecule has 2 amide bonds. The van der Waals surface area contributed by atoms with Crippen molar-refractivity contribution in [2.45, 2.75) is 63.9 Å². The molecule has 2 aliphatic heterocycles. The summed E-state index contributed by atoms with van der Waals surface area (Å²) in [5, 5.41) is 34.3. The lowest BCUT2D eigenvalue weighted by Gasteiger charge is -2.37. The van der Waals surface area contributed by atoms with Gasteiger partial charge in [-0.2, -0.15) is 5.09 Å². The van der Waals surface area contributed by atoms with Gasteiger partial charge in [0, 0.05) is 0 Å². The maximum atomic E-state index is 13.8. The van der Waals surface area contributed by atoms with Gasteiger partial charge in [-0.3, -0.25) is 20.0 Å². The molecule has 2 aliphatic rings. The van der Waals surface area contributed by atoms with E-state index in [1.54, 1.807) is 32.0 Å². The first-order valence-corrected chi connectivity index (χ1v) is 12.5. The van der Waals surface area contributed by atoms with Gasteiger partial charge in [-0.05, 0) is 39.8 Å². The number of hydrogen-bond donors (Lipinski definition) is 6. The van der Waals surface area contributed by atoms with E-state index in [0.717, 1.165) is 6.92 Å². The molecule has 0 aliphatic carbocycles. The molecule has 15 heteroatoms. The second-order valence-corrected chi connectivity index (χ2v) is 10.1. The van der Waals surface area contributed by atoms with Gasteiger partial charge >= 0.3 is 19.7 Å². The molecule has 1 unspecified atom stereocenters. The van der Waals surface area contributed by atoms with Crippen LogP contribution in [0, 0.1) is 5.41 Å². The summed E-state index contributed by atoms with van der Waals surface area (Å²) in [7, 11) is -4.78. The number of nitrogens with one attached hydrogen (secondary N) is 4. The highest BCUT2D eigenvalue weighted by Crippen LogP contribution is 2.46. The van der Waals surface area contributed by atoms with Crippen LogP contribution in [0.1, 0.15) is 31.8 Å². The van der Waals surface area contributed by atoms with Gasteiger partial charge < -0.3 is 24.2 Å². The number of rotatable bonds is 10. The second kappa shape index (κ2) is 11.2. The summed E-state index contributed by atoms with van der Waals surface area (Å²) in [6.07, 6.45) is -6.41. The summed E-state index contributed by atoms with van der Waals surface area (Å²) in [6.45, 7) is 0.920. The molecule has 0 aromatic heterocycles. The van der Waals surface area contributed by atoms with Gasteiger partial charge in [-0.1, -0.05) is 18.2 Å². The number of aliphatic hydroxyl groups is 2. The molecule has 2 saturated heterocycles. The molecule has 0 bridgehead atoms. The highest BCUT2D eigenvalue weighted by atomic mass is 31.2. The number of para-hydroxylation sites is 1. The minimum absolute atomic E-state index is 0.00977. The van der Waals surface area contributed by atoms with Gasteiger partial charge in [0.15, 0.2) is 6.23 Å². The third-order valence-corrected chi connectivity index (χ3v) is 6.52. The molecule has 1 aromatic carbocycles. The van der Waals surface area contributed by atoms with Crippen LogP contribution in [0.2, 0.25) is 0 Å². The van der Waals surface area contributed by atoms with Crippen LogP contribution in [-0.2, 0) is 23.4 Å². The van der Waals surface area contributed by atoms with Gasteiger partial charge in [0.05, 0.1) is 23.3 Å². The highest BCUT2D eigenvalue weighted by Gasteiger charge is 2.56. The third-order valence-electron chi connectivity index (χ3n) is 5.02. The number of hydrogen-bond acceptors (Lipinski definition) is 11. The molecular formula is C21H32N5O9P. The Labute approximate surface area is 212 Å². The summed E-state index contributed by atoms with van der Waals surface area (Å²) in [5.41, 5.74) is -0.0345. The van der Waals surface area contributed by atoms with Crippen molar-refractivity contribution in [3.63, 3.8) is 0 Å². The monoisotopic (exact) mass is 532 g/mol. The predicted molar refractivity (Wildman–Crippen MR) is 126 cm³/mol. The lowest BCUT2D eigenvalue weighted by atomic mass is 9.96. The van der Waals surface area contributed by atoms with E-state index < -0.39 is 74.8 Å². The maximum Gasteiger partial charge on any atom is 0.459 e. The second-order valence-electron chi connectivity index (χ2n) is 8.51. The normalized spacial score (nSPS) is 32.6. The average molecular weight is 533 g/mol. The molecule has 200 valence electrons. The zero-order chi connectivity index (χ0) is 29.3. The first-order valence-electron chi connectivity index (χ1n) is 12.5. The summed E-state index contributed by atoms with van der Waals surface area (Å²) in [4.78, 5) is 24.7. The van der Waals surface area contributed by atoms with Crippen LogP contribution >= 0.6 is 7.75 Å². The van der Waals surface area contributed by atoms with E-state index in [1.807, 2.05) is 0 Å². The first kappa shape index (κ1) is 23.8. The minimum atomic E-state index is -4.78. The van der Waals surface area contributed by atoms with Crippen LogP contribution in [0.25, 0.3) is 0 Å². The zero-order valence-corrected chi connectivity index (χ0v) is 20.9. The van der Waals surface area contributed by atoms with Crippen LogP contribution in [-0.4, -0.2) is 82.3 Å².